The molecule has 1 aromatic heterocycles. The number of amides is 1. The number of anilines is 1. The van der Waals surface area contributed by atoms with Crippen LogP contribution in [0.1, 0.15) is 5.01 Å². The SMILES string of the molecule is COc1ccccc1N=C1S[C@H](C(=O)Nc2ccc(Br)cc2F)C(N)=C1c1nc2ccccc2s1. The molecule has 0 fully saturated rings. The van der Waals surface area contributed by atoms with E-state index in [0.29, 0.717) is 37.2 Å². The standard InChI is InChI=1S/C25H18BrFN4O2S2/c1-33-18-8-4-2-6-16(18)30-25-20(24-31-17-7-3-5-9-19(17)34-24)21(28)22(35-25)23(32)29-15-11-10-13(26)12-14(15)27/h2-12,22H,28H2,1H3,(H,29,32)/t22-/m0/s1. The van der Waals surface area contributed by atoms with Gasteiger partial charge in [0.05, 0.1) is 28.6 Å². The van der Waals surface area contributed by atoms with Crippen molar-refractivity contribution in [3.63, 3.8) is 0 Å². The quantitative estimate of drug-likeness (QED) is 0.292. The number of aliphatic imine (C=N–C) groups is 1. The third-order valence-corrected chi connectivity index (χ3v) is 8.03. The Bertz CT molecular complexity index is 1490. The number of thioether (sulfide) groups is 1. The van der Waals surface area contributed by atoms with Gasteiger partial charge in [-0.3, -0.25) is 4.79 Å². The van der Waals surface area contributed by atoms with E-state index >= 15 is 0 Å². The van der Waals surface area contributed by atoms with Crippen molar-refractivity contribution in [2.45, 2.75) is 5.25 Å². The van der Waals surface area contributed by atoms with Crippen molar-refractivity contribution in [2.24, 2.45) is 10.7 Å². The smallest absolute Gasteiger partial charge is 0.244 e. The summed E-state index contributed by atoms with van der Waals surface area (Å²) >= 11 is 5.89. The number of nitrogens with zero attached hydrogens (tertiary/aromatic N) is 2. The van der Waals surface area contributed by atoms with E-state index in [1.54, 1.807) is 13.2 Å². The largest absolute Gasteiger partial charge is 0.494 e. The molecule has 10 heteroatoms. The first-order chi connectivity index (χ1) is 16.9. The van der Waals surface area contributed by atoms with Crippen LogP contribution in [0.5, 0.6) is 5.75 Å². The predicted octanol–water partition coefficient (Wildman–Crippen LogP) is 6.36. The van der Waals surface area contributed by atoms with Crippen LogP contribution in [0, 0.1) is 5.82 Å². The number of hydrogen-bond donors (Lipinski definition) is 2. The summed E-state index contributed by atoms with van der Waals surface area (Å²) in [6.07, 6.45) is 0. The summed E-state index contributed by atoms with van der Waals surface area (Å²) in [5.74, 6) is -0.405. The number of ether oxygens (including phenoxy) is 1. The van der Waals surface area contributed by atoms with Crippen LogP contribution >= 0.6 is 39.0 Å². The molecule has 1 aliphatic rings. The average molecular weight is 569 g/mol. The molecule has 0 saturated heterocycles. The van der Waals surface area contributed by atoms with Gasteiger partial charge in [0.2, 0.25) is 5.91 Å². The fraction of sp³-hybridized carbons (Fsp3) is 0.0800. The minimum atomic E-state index is -0.812. The number of halogens is 2. The first kappa shape index (κ1) is 23.5. The van der Waals surface area contributed by atoms with Crippen LogP contribution in [-0.4, -0.2) is 28.3 Å². The number of fused-ring (bicyclic) bond motifs is 1. The molecule has 2 heterocycles. The van der Waals surface area contributed by atoms with Gasteiger partial charge in [-0.05, 0) is 42.5 Å². The molecule has 5 rings (SSSR count). The van der Waals surface area contributed by atoms with E-state index < -0.39 is 17.0 Å². The van der Waals surface area contributed by atoms with Crippen LogP contribution in [0.25, 0.3) is 15.8 Å². The highest BCUT2D eigenvalue weighted by Gasteiger charge is 2.37. The fourth-order valence-corrected chi connectivity index (χ4v) is 6.13. The second kappa shape index (κ2) is 9.80. The van der Waals surface area contributed by atoms with Gasteiger partial charge in [0, 0.05) is 10.2 Å². The molecule has 1 atom stereocenters. The Morgan fingerprint density at radius 2 is 1.94 bits per heavy atom. The molecule has 6 nitrogen and oxygen atoms in total. The third-order valence-electron chi connectivity index (χ3n) is 5.26. The second-order valence-corrected chi connectivity index (χ2v) is 10.6. The lowest BCUT2D eigenvalue weighted by Crippen LogP contribution is -2.28. The maximum Gasteiger partial charge on any atom is 0.244 e. The molecule has 0 bridgehead atoms. The molecule has 0 aliphatic carbocycles. The first-order valence-electron chi connectivity index (χ1n) is 10.4. The molecule has 0 radical (unpaired) electrons. The molecular weight excluding hydrogens is 551 g/mol. The van der Waals surface area contributed by atoms with Crippen LogP contribution in [0.2, 0.25) is 0 Å². The van der Waals surface area contributed by atoms with E-state index in [2.05, 4.69) is 21.2 Å². The molecule has 176 valence electrons. The number of benzene rings is 3. The van der Waals surface area contributed by atoms with E-state index in [1.807, 2.05) is 48.5 Å². The topological polar surface area (TPSA) is 89.6 Å². The Balaban J connectivity index is 1.57. The molecule has 1 amide bonds. The van der Waals surface area contributed by atoms with E-state index in [-0.39, 0.29) is 5.69 Å². The third kappa shape index (κ3) is 4.69. The Labute approximate surface area is 217 Å². The van der Waals surface area contributed by atoms with E-state index in [4.69, 9.17) is 20.4 Å². The van der Waals surface area contributed by atoms with Gasteiger partial charge in [0.15, 0.2) is 0 Å². The van der Waals surface area contributed by atoms with Gasteiger partial charge in [-0.1, -0.05) is 52.0 Å². The summed E-state index contributed by atoms with van der Waals surface area (Å²) in [4.78, 5) is 22.7. The minimum Gasteiger partial charge on any atom is -0.494 e. The van der Waals surface area contributed by atoms with Gasteiger partial charge in [-0.15, -0.1) is 11.3 Å². The number of methoxy groups -OCH3 is 1. The van der Waals surface area contributed by atoms with Crippen molar-refractivity contribution in [2.75, 3.05) is 12.4 Å². The zero-order valence-electron chi connectivity index (χ0n) is 18.3. The summed E-state index contributed by atoms with van der Waals surface area (Å²) in [5, 5.41) is 3.04. The highest BCUT2D eigenvalue weighted by atomic mass is 79.9. The zero-order chi connectivity index (χ0) is 24.5. The average Bonchev–Trinajstić information content (AvgIpc) is 3.41. The first-order valence-corrected chi connectivity index (χ1v) is 12.9. The highest BCUT2D eigenvalue weighted by molar-refractivity contribution is 9.10. The summed E-state index contributed by atoms with van der Waals surface area (Å²) in [6.45, 7) is 0. The Hall–Kier alpha value is -3.21. The van der Waals surface area contributed by atoms with Gasteiger partial charge in [0.25, 0.3) is 0 Å². The number of nitrogens with two attached hydrogens (primary N) is 1. The number of hydrogen-bond acceptors (Lipinski definition) is 7. The Kier molecular flexibility index (Phi) is 6.59. The number of para-hydroxylation sites is 3. The van der Waals surface area contributed by atoms with Gasteiger partial charge in [-0.2, -0.15) is 0 Å². The van der Waals surface area contributed by atoms with Crippen LogP contribution in [0.3, 0.4) is 0 Å². The fourth-order valence-electron chi connectivity index (χ4n) is 3.58. The number of carbonyl (C=O) groups excluding carboxylic acids is 1. The van der Waals surface area contributed by atoms with Crippen LogP contribution in [0.4, 0.5) is 15.8 Å². The minimum absolute atomic E-state index is 0.0725. The van der Waals surface area contributed by atoms with E-state index in [9.17, 15) is 9.18 Å². The maximum atomic E-state index is 14.4. The van der Waals surface area contributed by atoms with E-state index in [1.165, 1.54) is 35.2 Å². The molecule has 0 unspecified atom stereocenters. The molecule has 3 aromatic carbocycles. The second-order valence-electron chi connectivity index (χ2n) is 7.52. The number of aromatic nitrogens is 1. The molecule has 1 aliphatic heterocycles. The van der Waals surface area contributed by atoms with Crippen molar-refractivity contribution in [3.8, 4) is 5.75 Å². The highest BCUT2D eigenvalue weighted by Crippen LogP contribution is 2.43. The molecule has 3 N–H and O–H groups in total. The van der Waals surface area contributed by atoms with Crippen LogP contribution < -0.4 is 15.8 Å². The van der Waals surface area contributed by atoms with Crippen molar-refractivity contribution in [3.05, 3.63) is 87.7 Å². The van der Waals surface area contributed by atoms with Crippen molar-refractivity contribution >= 4 is 77.1 Å². The van der Waals surface area contributed by atoms with Gasteiger partial charge in [-0.25, -0.2) is 14.4 Å². The number of carbonyl (C=O) groups is 1. The van der Waals surface area contributed by atoms with Gasteiger partial charge < -0.3 is 15.8 Å². The summed E-state index contributed by atoms with van der Waals surface area (Å²) < 4.78 is 21.4. The number of rotatable bonds is 5. The van der Waals surface area contributed by atoms with Crippen LogP contribution in [-0.2, 0) is 4.79 Å². The molecular formula is C25H18BrFN4O2S2. The lowest BCUT2D eigenvalue weighted by molar-refractivity contribution is -0.115. The van der Waals surface area contributed by atoms with E-state index in [0.717, 1.165) is 10.2 Å². The Morgan fingerprint density at radius 3 is 2.71 bits per heavy atom. The molecule has 0 saturated carbocycles. The number of thiazole rings is 1. The summed E-state index contributed by atoms with van der Waals surface area (Å²) in [7, 11) is 1.57. The molecule has 35 heavy (non-hydrogen) atoms. The maximum absolute atomic E-state index is 14.4. The molecule has 0 spiro atoms. The number of nitrogens with one attached hydrogen (secondary N) is 1. The summed E-state index contributed by atoms with van der Waals surface area (Å²) in [6, 6.07) is 19.5. The summed E-state index contributed by atoms with van der Waals surface area (Å²) in [5.41, 5.74) is 8.98. The molecule has 4 aromatic rings. The Morgan fingerprint density at radius 1 is 1.17 bits per heavy atom. The van der Waals surface area contributed by atoms with Gasteiger partial charge in [0.1, 0.15) is 32.6 Å². The monoisotopic (exact) mass is 568 g/mol. The van der Waals surface area contributed by atoms with Gasteiger partial charge >= 0.3 is 0 Å². The zero-order valence-corrected chi connectivity index (χ0v) is 21.5. The lowest BCUT2D eigenvalue weighted by atomic mass is 10.1. The predicted molar refractivity (Wildman–Crippen MR) is 145 cm³/mol. The lowest BCUT2D eigenvalue weighted by Gasteiger charge is -2.12. The normalized spacial score (nSPS) is 16.8. The van der Waals surface area contributed by atoms with Crippen LogP contribution in [0.15, 0.2) is 81.9 Å². The van der Waals surface area contributed by atoms with Crippen molar-refractivity contribution in [1.82, 2.24) is 4.98 Å². The van der Waals surface area contributed by atoms with Crippen molar-refractivity contribution < 1.29 is 13.9 Å². The van der Waals surface area contributed by atoms with Crippen molar-refractivity contribution in [1.29, 1.82) is 0 Å².